The van der Waals surface area contributed by atoms with Crippen molar-refractivity contribution in [2.75, 3.05) is 0 Å². The molecule has 1 aromatic carbocycles. The van der Waals surface area contributed by atoms with E-state index < -0.39 is 18.4 Å². The molecule has 27 heavy (non-hydrogen) atoms. The molecule has 0 unspecified atom stereocenters. The Kier molecular flexibility index (Phi) is 7.67. The number of aliphatic hydroxyl groups is 1. The molecule has 1 aromatic rings. The Morgan fingerprint density at radius 2 is 1.33 bits per heavy atom. The highest BCUT2D eigenvalue weighted by molar-refractivity contribution is 5.98. The summed E-state index contributed by atoms with van der Waals surface area (Å²) in [7, 11) is 0. The number of rotatable bonds is 9. The van der Waals surface area contributed by atoms with E-state index in [1.807, 2.05) is 0 Å². The van der Waals surface area contributed by atoms with Gasteiger partial charge in [0.05, 0.1) is 6.61 Å². The van der Waals surface area contributed by atoms with Gasteiger partial charge in [0.2, 0.25) is 0 Å². The number of carboxylic acids is 1. The summed E-state index contributed by atoms with van der Waals surface area (Å²) < 4.78 is 5.12. The second-order valence-electron chi connectivity index (χ2n) is 6.86. The first-order valence-electron chi connectivity index (χ1n) is 9.00. The third kappa shape index (κ3) is 6.60. The number of ether oxygens (including phenoxy) is 1. The van der Waals surface area contributed by atoms with Gasteiger partial charge >= 0.3 is 11.9 Å². The molecule has 1 aliphatic rings. The third-order valence-corrected chi connectivity index (χ3v) is 4.89. The lowest BCUT2D eigenvalue weighted by molar-refractivity contribution is -0.149. The normalized spacial score (nSPS) is 19.3. The molecule has 7 heteroatoms. The lowest BCUT2D eigenvalue weighted by Gasteiger charge is -2.26. The Balaban J connectivity index is 1.72. The average molecular weight is 376 g/mol. The minimum Gasteiger partial charge on any atom is -0.481 e. The molecular weight excluding hydrogens is 352 g/mol. The lowest BCUT2D eigenvalue weighted by Crippen LogP contribution is -2.28. The quantitative estimate of drug-likeness (QED) is 0.500. The highest BCUT2D eigenvalue weighted by atomic mass is 16.5. The zero-order valence-electron chi connectivity index (χ0n) is 15.1. The molecule has 2 N–H and O–H groups in total. The first-order valence-corrected chi connectivity index (χ1v) is 9.00. The smallest absolute Gasteiger partial charge is 0.313 e. The number of hydrogen-bond acceptors (Lipinski definition) is 6. The third-order valence-electron chi connectivity index (χ3n) is 4.89. The van der Waals surface area contributed by atoms with Gasteiger partial charge in [-0.25, -0.2) is 0 Å². The Hall–Kier alpha value is -2.54. The molecule has 1 fully saturated rings. The average Bonchev–Trinajstić information content (AvgIpc) is 2.66. The lowest BCUT2D eigenvalue weighted by atomic mass is 9.77. The number of esters is 1. The molecule has 0 spiro atoms. The number of carboxylic acid groups (broad SMARTS) is 1. The molecule has 0 amide bonds. The molecule has 2 rings (SSSR count). The van der Waals surface area contributed by atoms with Gasteiger partial charge in [0.15, 0.2) is 0 Å². The van der Waals surface area contributed by atoms with Gasteiger partial charge in [-0.3, -0.25) is 19.2 Å². The van der Waals surface area contributed by atoms with Crippen molar-refractivity contribution in [2.24, 2.45) is 11.8 Å². The Labute approximate surface area is 157 Å². The maximum Gasteiger partial charge on any atom is 0.313 e. The number of Topliss-reactive ketones (excluding diaryl/α,β-unsaturated/α-hetero) is 2. The van der Waals surface area contributed by atoms with Crippen molar-refractivity contribution in [3.05, 3.63) is 35.4 Å². The maximum absolute atomic E-state index is 12.2. The predicted molar refractivity (Wildman–Crippen MR) is 94.5 cm³/mol. The van der Waals surface area contributed by atoms with Crippen molar-refractivity contribution in [3.8, 4) is 0 Å². The van der Waals surface area contributed by atoms with Crippen LogP contribution in [-0.4, -0.2) is 33.7 Å². The second-order valence-corrected chi connectivity index (χ2v) is 6.86. The van der Waals surface area contributed by atoms with E-state index in [1.54, 1.807) is 24.3 Å². The second kappa shape index (κ2) is 9.97. The molecule has 0 aromatic heterocycles. The van der Waals surface area contributed by atoms with Crippen molar-refractivity contribution in [1.82, 2.24) is 0 Å². The minimum absolute atomic E-state index is 0.0568. The fraction of sp³-hybridized carbons (Fsp3) is 0.500. The highest BCUT2D eigenvalue weighted by Crippen LogP contribution is 2.31. The van der Waals surface area contributed by atoms with E-state index in [0.29, 0.717) is 25.7 Å². The van der Waals surface area contributed by atoms with E-state index in [2.05, 4.69) is 0 Å². The van der Waals surface area contributed by atoms with Gasteiger partial charge in [0, 0.05) is 11.8 Å². The van der Waals surface area contributed by atoms with Crippen LogP contribution in [0.2, 0.25) is 0 Å². The van der Waals surface area contributed by atoms with Crippen LogP contribution in [0.5, 0.6) is 0 Å². The summed E-state index contributed by atoms with van der Waals surface area (Å²) in [5, 5.41) is 17.7. The van der Waals surface area contributed by atoms with Crippen molar-refractivity contribution >= 4 is 23.5 Å². The monoisotopic (exact) mass is 376 g/mol. The molecular formula is C20H24O7. The van der Waals surface area contributed by atoms with E-state index >= 15 is 0 Å². The predicted octanol–water partition coefficient (Wildman–Crippen LogP) is 2.03. The molecule has 0 radical (unpaired) electrons. The summed E-state index contributed by atoms with van der Waals surface area (Å²) in [6, 6.07) is 6.96. The number of aliphatic hydroxyl groups excluding tert-OH is 1. The summed E-state index contributed by atoms with van der Waals surface area (Å²) >= 11 is 0. The van der Waals surface area contributed by atoms with Crippen LogP contribution in [0.25, 0.3) is 0 Å². The van der Waals surface area contributed by atoms with Crippen LogP contribution in [0.4, 0.5) is 0 Å². The van der Waals surface area contributed by atoms with Gasteiger partial charge in [-0.15, -0.1) is 0 Å². The molecule has 1 saturated carbocycles. The van der Waals surface area contributed by atoms with Gasteiger partial charge in [0.25, 0.3) is 0 Å². The van der Waals surface area contributed by atoms with Crippen LogP contribution in [0, 0.1) is 11.8 Å². The van der Waals surface area contributed by atoms with E-state index in [0.717, 1.165) is 11.1 Å². The summed E-state index contributed by atoms with van der Waals surface area (Å²) in [6.07, 6.45) is 1.17. The largest absolute Gasteiger partial charge is 0.481 e. The summed E-state index contributed by atoms with van der Waals surface area (Å²) in [4.78, 5) is 46.5. The topological polar surface area (TPSA) is 118 Å². The van der Waals surface area contributed by atoms with Crippen LogP contribution < -0.4 is 0 Å². The van der Waals surface area contributed by atoms with Gasteiger partial charge in [-0.2, -0.15) is 0 Å². The number of hydrogen-bond donors (Lipinski definition) is 2. The van der Waals surface area contributed by atoms with Crippen LogP contribution >= 0.6 is 0 Å². The minimum atomic E-state index is -1.13. The number of ketones is 2. The number of aliphatic carboxylic acids is 1. The Bertz CT molecular complexity index is 685. The Morgan fingerprint density at radius 1 is 0.852 bits per heavy atom. The van der Waals surface area contributed by atoms with E-state index in [1.165, 1.54) is 0 Å². The van der Waals surface area contributed by atoms with Crippen LogP contribution in [0.1, 0.15) is 49.7 Å². The van der Waals surface area contributed by atoms with Gasteiger partial charge in [-0.05, 0) is 36.8 Å². The number of carbonyl (C=O) groups is 4. The first kappa shape index (κ1) is 20.8. The van der Waals surface area contributed by atoms with Crippen molar-refractivity contribution < 1.29 is 34.1 Å². The van der Waals surface area contributed by atoms with E-state index in [9.17, 15) is 19.2 Å². The molecule has 0 heterocycles. The molecule has 146 valence electrons. The van der Waals surface area contributed by atoms with Crippen molar-refractivity contribution in [3.63, 3.8) is 0 Å². The van der Waals surface area contributed by atoms with Gasteiger partial charge < -0.3 is 14.9 Å². The highest BCUT2D eigenvalue weighted by Gasteiger charge is 2.31. The fourth-order valence-corrected chi connectivity index (χ4v) is 3.27. The number of benzene rings is 1. The molecule has 0 bridgehead atoms. The molecule has 1 aliphatic carbocycles. The standard InChI is InChI=1S/C20H24O7/c21-11-13-1-3-14(4-2-13)12-27-20(26)10-18(23)16-7-5-15(6-8-16)17(22)9-19(24)25/h1-4,15-16,21H,5-12H2,(H,24,25). The zero-order chi connectivity index (χ0) is 19.8. The van der Waals surface area contributed by atoms with Crippen LogP contribution in [0.15, 0.2) is 24.3 Å². The van der Waals surface area contributed by atoms with Crippen LogP contribution in [0.3, 0.4) is 0 Å². The molecule has 0 atom stereocenters. The van der Waals surface area contributed by atoms with Crippen molar-refractivity contribution in [1.29, 1.82) is 0 Å². The SMILES string of the molecule is O=C(O)CC(=O)C1CCC(C(=O)CC(=O)OCc2ccc(CO)cc2)CC1. The van der Waals surface area contributed by atoms with Gasteiger partial charge in [-0.1, -0.05) is 24.3 Å². The molecule has 0 aliphatic heterocycles. The van der Waals surface area contributed by atoms with Gasteiger partial charge in [0.1, 0.15) is 31.0 Å². The van der Waals surface area contributed by atoms with E-state index in [4.69, 9.17) is 14.9 Å². The fourth-order valence-electron chi connectivity index (χ4n) is 3.27. The summed E-state index contributed by atoms with van der Waals surface area (Å²) in [6.45, 7) is 0.00692. The maximum atomic E-state index is 12.2. The molecule has 7 nitrogen and oxygen atoms in total. The first-order chi connectivity index (χ1) is 12.9. The van der Waals surface area contributed by atoms with Crippen LogP contribution in [-0.2, 0) is 37.1 Å². The molecule has 0 saturated heterocycles. The van der Waals surface area contributed by atoms with E-state index in [-0.39, 0.29) is 43.0 Å². The Morgan fingerprint density at radius 3 is 1.81 bits per heavy atom. The zero-order valence-corrected chi connectivity index (χ0v) is 15.1. The summed E-state index contributed by atoms with van der Waals surface area (Å²) in [5.74, 6) is -2.80. The van der Waals surface area contributed by atoms with Crippen molar-refractivity contribution in [2.45, 2.75) is 51.7 Å². The number of carbonyl (C=O) groups excluding carboxylic acids is 3. The summed E-state index contributed by atoms with van der Waals surface area (Å²) in [5.41, 5.74) is 1.53.